The van der Waals surface area contributed by atoms with Gasteiger partial charge in [0.1, 0.15) is 17.0 Å². The molecule has 3 rings (SSSR count). The summed E-state index contributed by atoms with van der Waals surface area (Å²) >= 11 is 1.21. The average Bonchev–Trinajstić information content (AvgIpc) is 2.92. The molecule has 1 N–H and O–H groups in total. The van der Waals surface area contributed by atoms with Crippen LogP contribution in [0.2, 0.25) is 0 Å². The second-order valence-electron chi connectivity index (χ2n) is 3.87. The van der Waals surface area contributed by atoms with Crippen molar-refractivity contribution in [1.29, 1.82) is 0 Å². The highest BCUT2D eigenvalue weighted by Gasteiger charge is 2.11. The quantitative estimate of drug-likeness (QED) is 0.776. The highest BCUT2D eigenvalue weighted by atomic mass is 32.1. The summed E-state index contributed by atoms with van der Waals surface area (Å²) in [5.41, 5.74) is 1.28. The maximum Gasteiger partial charge on any atom is 0.298 e. The minimum atomic E-state index is -0.515. The molecular weight excluding hydrogens is 283 g/mol. The first kappa shape index (κ1) is 12.4. The largest absolute Gasteiger partial charge is 0.316 e. The third-order valence-corrected chi connectivity index (χ3v) is 3.27. The molecule has 0 saturated heterocycles. The van der Waals surface area contributed by atoms with Crippen molar-refractivity contribution in [2.24, 2.45) is 0 Å². The topological polar surface area (TPSA) is 76.4 Å². The number of benzene rings is 1. The Bertz CT molecular complexity index is 841. The average molecular weight is 290 g/mol. The van der Waals surface area contributed by atoms with Crippen LogP contribution in [0.4, 0.5) is 10.1 Å². The maximum atomic E-state index is 12.8. The number of amides is 1. The number of aromatic nitrogens is 3. The number of hydrogen-bond acceptors (Lipinski definition) is 5. The number of carbonyl (C=O) groups is 1. The number of nitrogens with one attached hydrogen (secondary N) is 1. The van der Waals surface area contributed by atoms with E-state index in [0.717, 1.165) is 4.52 Å². The van der Waals surface area contributed by atoms with Crippen molar-refractivity contribution in [3.63, 3.8) is 0 Å². The zero-order valence-corrected chi connectivity index (χ0v) is 10.7. The van der Waals surface area contributed by atoms with Gasteiger partial charge in [0.05, 0.1) is 6.20 Å². The van der Waals surface area contributed by atoms with Crippen LogP contribution in [0, 0.1) is 5.82 Å². The molecule has 3 aromatic rings. The van der Waals surface area contributed by atoms with Crippen molar-refractivity contribution in [2.75, 3.05) is 5.32 Å². The molecule has 1 aromatic carbocycles. The fraction of sp³-hybridized carbons (Fsp3) is 0. The summed E-state index contributed by atoms with van der Waals surface area (Å²) in [6.07, 6.45) is 1.28. The molecule has 1 amide bonds. The Morgan fingerprint density at radius 2 is 2.05 bits per heavy atom. The van der Waals surface area contributed by atoms with Crippen LogP contribution in [0.25, 0.3) is 4.96 Å². The highest BCUT2D eigenvalue weighted by Crippen LogP contribution is 2.08. The van der Waals surface area contributed by atoms with E-state index < -0.39 is 17.3 Å². The van der Waals surface area contributed by atoms with Gasteiger partial charge in [-0.25, -0.2) is 9.37 Å². The summed E-state index contributed by atoms with van der Waals surface area (Å²) in [4.78, 5) is 28.4. The van der Waals surface area contributed by atoms with Crippen molar-refractivity contribution in [3.8, 4) is 0 Å². The summed E-state index contributed by atoms with van der Waals surface area (Å²) in [5.74, 6) is -0.953. The number of halogens is 1. The summed E-state index contributed by atoms with van der Waals surface area (Å²) < 4.78 is 13.9. The molecule has 0 aliphatic carbocycles. The zero-order chi connectivity index (χ0) is 14.1. The predicted molar refractivity (Wildman–Crippen MR) is 71.5 cm³/mol. The molecule has 2 heterocycles. The minimum Gasteiger partial charge on any atom is -0.316 e. The molecule has 0 aliphatic rings. The Morgan fingerprint density at radius 3 is 2.80 bits per heavy atom. The van der Waals surface area contributed by atoms with Gasteiger partial charge in [-0.3, -0.25) is 9.59 Å². The normalized spacial score (nSPS) is 10.7. The Balaban J connectivity index is 1.93. The summed E-state index contributed by atoms with van der Waals surface area (Å²) in [6.45, 7) is 0. The minimum absolute atomic E-state index is 0.0164. The second-order valence-corrected chi connectivity index (χ2v) is 4.68. The molecular formula is C12H7FN4O2S. The SMILES string of the molecule is O=C(Nc1cnc2scnn2c1=O)c1ccc(F)cc1. The van der Waals surface area contributed by atoms with Crippen molar-refractivity contribution < 1.29 is 9.18 Å². The first-order valence-corrected chi connectivity index (χ1v) is 6.41. The molecule has 0 radical (unpaired) electrons. The fourth-order valence-electron chi connectivity index (χ4n) is 1.61. The Kier molecular flexibility index (Phi) is 2.99. The van der Waals surface area contributed by atoms with E-state index in [-0.39, 0.29) is 11.3 Å². The third kappa shape index (κ3) is 2.16. The number of nitrogens with zero attached hydrogens (tertiary/aromatic N) is 3. The van der Waals surface area contributed by atoms with Crippen LogP contribution in [0.5, 0.6) is 0 Å². The van der Waals surface area contributed by atoms with Gasteiger partial charge in [-0.05, 0) is 24.3 Å². The van der Waals surface area contributed by atoms with E-state index in [9.17, 15) is 14.0 Å². The molecule has 0 spiro atoms. The summed E-state index contributed by atoms with van der Waals surface area (Å²) in [7, 11) is 0. The molecule has 0 fully saturated rings. The monoisotopic (exact) mass is 290 g/mol. The molecule has 0 unspecified atom stereocenters. The maximum absolute atomic E-state index is 12.8. The molecule has 6 nitrogen and oxygen atoms in total. The zero-order valence-electron chi connectivity index (χ0n) is 9.91. The smallest absolute Gasteiger partial charge is 0.298 e. The Labute approximate surface area is 115 Å². The van der Waals surface area contributed by atoms with Gasteiger partial charge in [0.2, 0.25) is 4.96 Å². The van der Waals surface area contributed by atoms with Crippen LogP contribution in [0.1, 0.15) is 10.4 Å². The predicted octanol–water partition coefficient (Wildman–Crippen LogP) is 1.54. The third-order valence-electron chi connectivity index (χ3n) is 2.58. The van der Waals surface area contributed by atoms with Gasteiger partial charge in [-0.15, -0.1) is 0 Å². The van der Waals surface area contributed by atoms with Crippen LogP contribution in [-0.4, -0.2) is 20.5 Å². The van der Waals surface area contributed by atoms with Gasteiger partial charge < -0.3 is 5.32 Å². The van der Waals surface area contributed by atoms with Crippen LogP contribution >= 0.6 is 11.3 Å². The number of fused-ring (bicyclic) bond motifs is 1. The summed E-state index contributed by atoms with van der Waals surface area (Å²) in [6, 6.07) is 5.00. The number of hydrogen-bond donors (Lipinski definition) is 1. The summed E-state index contributed by atoms with van der Waals surface area (Å²) in [5, 5.41) is 6.27. The van der Waals surface area contributed by atoms with Gasteiger partial charge in [0, 0.05) is 5.56 Å². The van der Waals surface area contributed by atoms with E-state index in [1.807, 2.05) is 0 Å². The van der Waals surface area contributed by atoms with E-state index in [1.165, 1.54) is 47.3 Å². The van der Waals surface area contributed by atoms with Crippen molar-refractivity contribution in [2.45, 2.75) is 0 Å². The van der Waals surface area contributed by atoms with Crippen LogP contribution in [-0.2, 0) is 0 Å². The van der Waals surface area contributed by atoms with Crippen molar-refractivity contribution in [3.05, 3.63) is 57.7 Å². The Morgan fingerprint density at radius 1 is 1.30 bits per heavy atom. The van der Waals surface area contributed by atoms with E-state index in [0.29, 0.717) is 4.96 Å². The lowest BCUT2D eigenvalue weighted by molar-refractivity contribution is 0.102. The fourth-order valence-corrected chi connectivity index (χ4v) is 2.19. The van der Waals surface area contributed by atoms with Crippen molar-refractivity contribution >= 4 is 27.9 Å². The number of carbonyl (C=O) groups excluding carboxylic acids is 1. The highest BCUT2D eigenvalue weighted by molar-refractivity contribution is 7.14. The number of anilines is 1. The van der Waals surface area contributed by atoms with Gasteiger partial charge in [0.15, 0.2) is 0 Å². The van der Waals surface area contributed by atoms with Crippen LogP contribution in [0.15, 0.2) is 40.8 Å². The van der Waals surface area contributed by atoms with Crippen LogP contribution in [0.3, 0.4) is 0 Å². The van der Waals surface area contributed by atoms with E-state index in [2.05, 4.69) is 15.4 Å². The first-order chi connectivity index (χ1) is 9.65. The van der Waals surface area contributed by atoms with E-state index in [4.69, 9.17) is 0 Å². The first-order valence-electron chi connectivity index (χ1n) is 5.53. The molecule has 0 saturated carbocycles. The standard InChI is InChI=1S/C12H7FN4O2S/c13-8-3-1-7(2-4-8)10(18)16-9-5-14-12-17(11(9)19)15-6-20-12/h1-6H,(H,16,18). The lowest BCUT2D eigenvalue weighted by Gasteiger charge is -2.04. The number of rotatable bonds is 2. The molecule has 0 aliphatic heterocycles. The molecule has 20 heavy (non-hydrogen) atoms. The lowest BCUT2D eigenvalue weighted by atomic mass is 10.2. The van der Waals surface area contributed by atoms with Gasteiger partial charge >= 0.3 is 0 Å². The van der Waals surface area contributed by atoms with Crippen molar-refractivity contribution in [1.82, 2.24) is 14.6 Å². The van der Waals surface area contributed by atoms with Gasteiger partial charge in [-0.2, -0.15) is 9.61 Å². The molecule has 2 aromatic heterocycles. The molecule has 100 valence electrons. The lowest BCUT2D eigenvalue weighted by Crippen LogP contribution is -2.23. The molecule has 0 atom stereocenters. The van der Waals surface area contributed by atoms with E-state index in [1.54, 1.807) is 0 Å². The second kappa shape index (κ2) is 4.82. The Hall–Kier alpha value is -2.61. The van der Waals surface area contributed by atoms with E-state index >= 15 is 0 Å². The van der Waals surface area contributed by atoms with Gasteiger partial charge in [0.25, 0.3) is 11.5 Å². The molecule has 0 bridgehead atoms. The van der Waals surface area contributed by atoms with Crippen LogP contribution < -0.4 is 10.9 Å². The van der Waals surface area contributed by atoms with Gasteiger partial charge in [-0.1, -0.05) is 11.3 Å². The molecule has 8 heteroatoms.